The van der Waals surface area contributed by atoms with Crippen LogP contribution in [0.4, 0.5) is 0 Å². The quantitative estimate of drug-likeness (QED) is 0.927. The molecule has 0 saturated carbocycles. The SMILES string of the molecule is CC(CN1CCCC1)[C@H](O)c1ccc2c(c1)OCCC1=C[C]12. The first-order chi connectivity index (χ1) is 10.7. The van der Waals surface area contributed by atoms with Gasteiger partial charge in [-0.1, -0.05) is 30.7 Å². The predicted molar refractivity (Wildman–Crippen MR) is 86.8 cm³/mol. The van der Waals surface area contributed by atoms with E-state index in [0.717, 1.165) is 30.9 Å². The number of ether oxygens (including phenoxy) is 1. The lowest BCUT2D eigenvalue weighted by molar-refractivity contribution is 0.0943. The average Bonchev–Trinajstić information content (AvgIpc) is 3.14. The van der Waals surface area contributed by atoms with E-state index >= 15 is 0 Å². The van der Waals surface area contributed by atoms with Crippen LogP contribution in [-0.4, -0.2) is 36.2 Å². The molecule has 1 aliphatic carbocycles. The molecule has 0 aromatic heterocycles. The summed E-state index contributed by atoms with van der Waals surface area (Å²) in [4.78, 5) is 2.46. The highest BCUT2D eigenvalue weighted by Crippen LogP contribution is 2.47. The molecular weight excluding hydrogens is 274 g/mol. The molecule has 3 nitrogen and oxygen atoms in total. The number of rotatable bonds is 4. The Morgan fingerprint density at radius 3 is 2.91 bits per heavy atom. The van der Waals surface area contributed by atoms with E-state index in [1.807, 2.05) is 6.07 Å². The van der Waals surface area contributed by atoms with Gasteiger partial charge in [0.15, 0.2) is 0 Å². The summed E-state index contributed by atoms with van der Waals surface area (Å²) < 4.78 is 5.87. The number of benzene rings is 1. The molecule has 1 fully saturated rings. The summed E-state index contributed by atoms with van der Waals surface area (Å²) in [5.41, 5.74) is 3.60. The smallest absolute Gasteiger partial charge is 0.124 e. The Morgan fingerprint density at radius 1 is 1.27 bits per heavy atom. The minimum Gasteiger partial charge on any atom is -0.493 e. The zero-order valence-electron chi connectivity index (χ0n) is 13.2. The number of aliphatic hydroxyl groups is 1. The summed E-state index contributed by atoms with van der Waals surface area (Å²) in [5.74, 6) is 2.52. The van der Waals surface area contributed by atoms with E-state index in [2.05, 4.69) is 30.0 Å². The lowest BCUT2D eigenvalue weighted by Crippen LogP contribution is -2.28. The molecular formula is C19H24NO2. The van der Waals surface area contributed by atoms with Gasteiger partial charge in [-0.25, -0.2) is 0 Å². The Morgan fingerprint density at radius 2 is 2.09 bits per heavy atom. The number of aliphatic hydroxyl groups excluding tert-OH is 1. The first-order valence-corrected chi connectivity index (χ1v) is 8.48. The van der Waals surface area contributed by atoms with Gasteiger partial charge in [0.05, 0.1) is 18.6 Å². The van der Waals surface area contributed by atoms with Crippen molar-refractivity contribution < 1.29 is 9.84 Å². The maximum absolute atomic E-state index is 10.7. The fraction of sp³-hybridized carbons (Fsp3) is 0.526. The molecule has 1 N–H and O–H groups in total. The lowest BCUT2D eigenvalue weighted by atomic mass is 9.94. The summed E-state index contributed by atoms with van der Waals surface area (Å²) >= 11 is 0. The summed E-state index contributed by atoms with van der Waals surface area (Å²) in [6.45, 7) is 6.21. The summed E-state index contributed by atoms with van der Waals surface area (Å²) in [6.07, 6.45) is 5.42. The molecule has 22 heavy (non-hydrogen) atoms. The first-order valence-electron chi connectivity index (χ1n) is 8.48. The molecule has 117 valence electrons. The van der Waals surface area contributed by atoms with Gasteiger partial charge < -0.3 is 14.7 Å². The molecule has 0 bridgehead atoms. The van der Waals surface area contributed by atoms with Crippen molar-refractivity contribution in [3.05, 3.63) is 46.9 Å². The highest BCUT2D eigenvalue weighted by molar-refractivity contribution is 5.68. The van der Waals surface area contributed by atoms with Crippen LogP contribution in [0.2, 0.25) is 0 Å². The van der Waals surface area contributed by atoms with Crippen molar-refractivity contribution >= 4 is 0 Å². The van der Waals surface area contributed by atoms with Gasteiger partial charge in [-0.05, 0) is 43.5 Å². The van der Waals surface area contributed by atoms with Crippen LogP contribution in [-0.2, 0) is 0 Å². The van der Waals surface area contributed by atoms with Crippen molar-refractivity contribution in [3.63, 3.8) is 0 Å². The molecule has 1 saturated heterocycles. The normalized spacial score (nSPS) is 23.8. The molecule has 1 radical (unpaired) electrons. The Balaban J connectivity index is 1.48. The molecule has 1 unspecified atom stereocenters. The zero-order valence-corrected chi connectivity index (χ0v) is 13.2. The summed E-state index contributed by atoms with van der Waals surface area (Å²) in [6, 6.07) is 6.22. The van der Waals surface area contributed by atoms with Crippen LogP contribution < -0.4 is 4.74 Å². The highest BCUT2D eigenvalue weighted by atomic mass is 16.5. The number of hydrogen-bond acceptors (Lipinski definition) is 3. The fourth-order valence-corrected chi connectivity index (χ4v) is 3.73. The summed E-state index contributed by atoms with van der Waals surface area (Å²) in [5, 5.41) is 10.7. The molecule has 0 amide bonds. The number of fused-ring (bicyclic) bond motifs is 3. The number of allylic oxidation sites excluding steroid dienone is 1. The van der Waals surface area contributed by atoms with Crippen molar-refractivity contribution in [1.82, 2.24) is 4.90 Å². The van der Waals surface area contributed by atoms with Crippen molar-refractivity contribution in [1.29, 1.82) is 0 Å². The molecule has 3 heteroatoms. The Kier molecular flexibility index (Phi) is 3.71. The van der Waals surface area contributed by atoms with Crippen LogP contribution in [0.1, 0.15) is 43.4 Å². The number of likely N-dealkylation sites (tertiary alicyclic amines) is 1. The topological polar surface area (TPSA) is 32.7 Å². The van der Waals surface area contributed by atoms with E-state index in [9.17, 15) is 5.11 Å². The maximum atomic E-state index is 10.7. The van der Waals surface area contributed by atoms with Gasteiger partial charge >= 0.3 is 0 Å². The van der Waals surface area contributed by atoms with E-state index in [4.69, 9.17) is 4.74 Å². The molecule has 1 aromatic carbocycles. The van der Waals surface area contributed by atoms with E-state index in [-0.39, 0.29) is 5.92 Å². The van der Waals surface area contributed by atoms with E-state index in [0.29, 0.717) is 0 Å². The van der Waals surface area contributed by atoms with Gasteiger partial charge in [-0.2, -0.15) is 0 Å². The Hall–Kier alpha value is -1.32. The second-order valence-electron chi connectivity index (χ2n) is 6.87. The van der Waals surface area contributed by atoms with Gasteiger partial charge in [-0.15, -0.1) is 0 Å². The highest BCUT2D eigenvalue weighted by Gasteiger charge is 2.33. The van der Waals surface area contributed by atoms with Crippen LogP contribution >= 0.6 is 0 Å². The number of hydrogen-bond donors (Lipinski definition) is 1. The van der Waals surface area contributed by atoms with Gasteiger partial charge in [-0.3, -0.25) is 0 Å². The largest absolute Gasteiger partial charge is 0.493 e. The minimum atomic E-state index is -0.422. The molecule has 2 atom stereocenters. The summed E-state index contributed by atoms with van der Waals surface area (Å²) in [7, 11) is 0. The van der Waals surface area contributed by atoms with Crippen molar-refractivity contribution in [2.45, 2.75) is 32.3 Å². The van der Waals surface area contributed by atoms with Crippen molar-refractivity contribution in [2.75, 3.05) is 26.2 Å². The number of nitrogens with zero attached hydrogens (tertiary/aromatic N) is 1. The van der Waals surface area contributed by atoms with E-state index < -0.39 is 6.10 Å². The van der Waals surface area contributed by atoms with Crippen LogP contribution in [0.5, 0.6) is 5.75 Å². The maximum Gasteiger partial charge on any atom is 0.124 e. The van der Waals surface area contributed by atoms with Gasteiger partial charge in [0, 0.05) is 18.5 Å². The van der Waals surface area contributed by atoms with Crippen LogP contribution in [0.15, 0.2) is 29.8 Å². The van der Waals surface area contributed by atoms with Crippen LogP contribution in [0, 0.1) is 11.8 Å². The zero-order chi connectivity index (χ0) is 15.1. The third-order valence-electron chi connectivity index (χ3n) is 5.13. The fourth-order valence-electron chi connectivity index (χ4n) is 3.73. The molecule has 3 aliphatic rings. The Bertz CT molecular complexity index is 589. The van der Waals surface area contributed by atoms with Gasteiger partial charge in [0.1, 0.15) is 5.75 Å². The minimum absolute atomic E-state index is 0.240. The van der Waals surface area contributed by atoms with Gasteiger partial charge in [0.2, 0.25) is 0 Å². The molecule has 2 heterocycles. The molecule has 0 spiro atoms. The molecule has 1 aromatic rings. The monoisotopic (exact) mass is 298 g/mol. The van der Waals surface area contributed by atoms with E-state index in [1.165, 1.54) is 43.0 Å². The first kappa shape index (κ1) is 14.3. The van der Waals surface area contributed by atoms with Gasteiger partial charge in [0.25, 0.3) is 0 Å². The standard InChI is InChI=1S/C19H24NO2/c1-13(12-20-7-2-3-8-20)19(21)15-4-5-16-17-10-14(17)6-9-22-18(16)11-15/h4-5,10-11,13,19,21H,2-3,6-9,12H2,1H3/t13?,19-/m0/s1. The average molecular weight is 298 g/mol. The third-order valence-corrected chi connectivity index (χ3v) is 5.13. The lowest BCUT2D eigenvalue weighted by Gasteiger charge is -2.25. The van der Waals surface area contributed by atoms with Crippen LogP contribution in [0.3, 0.4) is 0 Å². The second-order valence-corrected chi connectivity index (χ2v) is 6.87. The molecule has 4 rings (SSSR count). The predicted octanol–water partition coefficient (Wildman–Crippen LogP) is 3.10. The van der Waals surface area contributed by atoms with E-state index in [1.54, 1.807) is 0 Å². The second kappa shape index (κ2) is 5.71. The molecule has 2 aliphatic heterocycles. The Labute approximate surface area is 132 Å². The third kappa shape index (κ3) is 2.68. The van der Waals surface area contributed by atoms with Crippen molar-refractivity contribution in [3.8, 4) is 5.75 Å². The van der Waals surface area contributed by atoms with Crippen LogP contribution in [0.25, 0.3) is 0 Å². The van der Waals surface area contributed by atoms with Crippen molar-refractivity contribution in [2.24, 2.45) is 5.92 Å².